The molecule has 3 aromatic rings. The van der Waals surface area contributed by atoms with Crippen molar-refractivity contribution in [3.05, 3.63) is 47.7 Å². The Kier molecular flexibility index (Phi) is 3.60. The van der Waals surface area contributed by atoms with E-state index in [2.05, 4.69) is 17.0 Å². The molecule has 1 aliphatic heterocycles. The molecule has 7 heteroatoms. The van der Waals surface area contributed by atoms with Gasteiger partial charge in [0.15, 0.2) is 5.76 Å². The SMILES string of the molecule is CCC1COC(Cn2cncn2)(c2cc3cc(Cl)ccc3o2)O1. The highest BCUT2D eigenvalue weighted by Crippen LogP contribution is 2.39. The van der Waals surface area contributed by atoms with Crippen LogP contribution in [0.3, 0.4) is 0 Å². The average Bonchev–Trinajstić information content (AvgIpc) is 3.26. The molecule has 6 nitrogen and oxygen atoms in total. The molecule has 0 radical (unpaired) electrons. The van der Waals surface area contributed by atoms with Crippen LogP contribution in [0.2, 0.25) is 5.02 Å². The fourth-order valence-corrected chi connectivity index (χ4v) is 2.97. The molecule has 0 spiro atoms. The van der Waals surface area contributed by atoms with Gasteiger partial charge in [0.1, 0.15) is 24.8 Å². The van der Waals surface area contributed by atoms with Crippen LogP contribution in [0.1, 0.15) is 19.1 Å². The Bertz CT molecular complexity index is 817. The molecule has 120 valence electrons. The van der Waals surface area contributed by atoms with E-state index in [-0.39, 0.29) is 6.10 Å². The normalized spacial score (nSPS) is 24.5. The minimum atomic E-state index is -1.00. The van der Waals surface area contributed by atoms with Gasteiger partial charge in [-0.2, -0.15) is 5.10 Å². The first kappa shape index (κ1) is 14.7. The van der Waals surface area contributed by atoms with Crippen molar-refractivity contribution in [2.75, 3.05) is 6.61 Å². The Labute approximate surface area is 138 Å². The minimum absolute atomic E-state index is 0.0234. The second-order valence-electron chi connectivity index (χ2n) is 5.60. The first-order chi connectivity index (χ1) is 11.2. The highest BCUT2D eigenvalue weighted by atomic mass is 35.5. The molecule has 1 fully saturated rings. The fraction of sp³-hybridized carbons (Fsp3) is 0.375. The van der Waals surface area contributed by atoms with Crippen molar-refractivity contribution in [2.24, 2.45) is 0 Å². The summed E-state index contributed by atoms with van der Waals surface area (Å²) in [6.45, 7) is 2.96. The lowest BCUT2D eigenvalue weighted by Crippen LogP contribution is -2.33. The number of fused-ring (bicyclic) bond motifs is 1. The van der Waals surface area contributed by atoms with Crippen LogP contribution in [0.15, 0.2) is 41.3 Å². The second-order valence-corrected chi connectivity index (χ2v) is 6.03. The van der Waals surface area contributed by atoms with E-state index in [9.17, 15) is 0 Å². The predicted octanol–water partition coefficient (Wildman–Crippen LogP) is 3.36. The first-order valence-electron chi connectivity index (χ1n) is 7.52. The third-order valence-electron chi connectivity index (χ3n) is 4.01. The standard InChI is InChI=1S/C16H16ClN3O3/c1-2-13-7-21-16(23-13,8-20-10-18-9-19-20)15-6-11-5-12(17)3-4-14(11)22-15/h3-6,9-10,13H,2,7-8H2,1H3. The maximum absolute atomic E-state index is 6.18. The molecule has 2 unspecified atom stereocenters. The van der Waals surface area contributed by atoms with E-state index in [4.69, 9.17) is 25.5 Å². The summed E-state index contributed by atoms with van der Waals surface area (Å²) in [5.74, 6) is -0.388. The van der Waals surface area contributed by atoms with Crippen LogP contribution in [0.4, 0.5) is 0 Å². The van der Waals surface area contributed by atoms with Crippen molar-refractivity contribution in [1.82, 2.24) is 14.8 Å². The zero-order chi connectivity index (χ0) is 15.9. The average molecular weight is 334 g/mol. The van der Waals surface area contributed by atoms with Gasteiger partial charge in [0.05, 0.1) is 12.7 Å². The maximum atomic E-state index is 6.18. The number of nitrogens with zero attached hydrogens (tertiary/aromatic N) is 3. The van der Waals surface area contributed by atoms with Crippen LogP contribution in [0.5, 0.6) is 0 Å². The van der Waals surface area contributed by atoms with Crippen molar-refractivity contribution in [3.63, 3.8) is 0 Å². The molecule has 0 saturated carbocycles. The molecule has 0 N–H and O–H groups in total. The van der Waals surface area contributed by atoms with E-state index in [0.717, 1.165) is 17.4 Å². The van der Waals surface area contributed by atoms with E-state index in [1.165, 1.54) is 6.33 Å². The molecule has 1 saturated heterocycles. The number of rotatable bonds is 4. The van der Waals surface area contributed by atoms with Crippen molar-refractivity contribution >= 4 is 22.6 Å². The Balaban J connectivity index is 1.77. The summed E-state index contributed by atoms with van der Waals surface area (Å²) in [5, 5.41) is 5.73. The number of furan rings is 1. The quantitative estimate of drug-likeness (QED) is 0.732. The Morgan fingerprint density at radius 3 is 3.04 bits per heavy atom. The summed E-state index contributed by atoms with van der Waals surface area (Å²) in [7, 11) is 0. The first-order valence-corrected chi connectivity index (χ1v) is 7.90. The molecular formula is C16H16ClN3O3. The number of halogens is 1. The van der Waals surface area contributed by atoms with E-state index in [1.807, 2.05) is 18.2 Å². The molecule has 1 aliphatic rings. The molecule has 0 bridgehead atoms. The van der Waals surface area contributed by atoms with Gasteiger partial charge in [-0.05, 0) is 30.7 Å². The van der Waals surface area contributed by atoms with Crippen molar-refractivity contribution in [2.45, 2.75) is 31.8 Å². The van der Waals surface area contributed by atoms with Gasteiger partial charge in [-0.15, -0.1) is 0 Å². The molecule has 3 heterocycles. The summed E-state index contributed by atoms with van der Waals surface area (Å²) in [6.07, 6.45) is 4.01. The summed E-state index contributed by atoms with van der Waals surface area (Å²) in [4.78, 5) is 3.98. The second kappa shape index (κ2) is 5.63. The number of ether oxygens (including phenoxy) is 2. The third-order valence-corrected chi connectivity index (χ3v) is 4.24. The monoisotopic (exact) mass is 333 g/mol. The zero-order valence-corrected chi connectivity index (χ0v) is 13.4. The van der Waals surface area contributed by atoms with Crippen molar-refractivity contribution in [3.8, 4) is 0 Å². The molecule has 4 rings (SSSR count). The molecule has 2 aromatic heterocycles. The Hall–Kier alpha value is -1.89. The van der Waals surface area contributed by atoms with Gasteiger partial charge in [0, 0.05) is 10.4 Å². The van der Waals surface area contributed by atoms with Crippen molar-refractivity contribution in [1.29, 1.82) is 0 Å². The van der Waals surface area contributed by atoms with Crippen molar-refractivity contribution < 1.29 is 13.9 Å². The van der Waals surface area contributed by atoms with E-state index in [1.54, 1.807) is 17.1 Å². The maximum Gasteiger partial charge on any atom is 0.249 e. The van der Waals surface area contributed by atoms with Gasteiger partial charge >= 0.3 is 0 Å². The van der Waals surface area contributed by atoms with Gasteiger partial charge in [-0.1, -0.05) is 18.5 Å². The Morgan fingerprint density at radius 1 is 1.39 bits per heavy atom. The zero-order valence-electron chi connectivity index (χ0n) is 12.6. The molecule has 0 aliphatic carbocycles. The number of benzene rings is 1. The van der Waals surface area contributed by atoms with Crippen LogP contribution in [0, 0.1) is 0 Å². The van der Waals surface area contributed by atoms with Crippen LogP contribution >= 0.6 is 11.6 Å². The number of hydrogen-bond donors (Lipinski definition) is 0. The minimum Gasteiger partial charge on any atom is -0.455 e. The van der Waals surface area contributed by atoms with Gasteiger partial charge in [-0.25, -0.2) is 9.67 Å². The van der Waals surface area contributed by atoms with Crippen LogP contribution in [-0.4, -0.2) is 27.5 Å². The molecule has 0 amide bonds. The lowest BCUT2D eigenvalue weighted by atomic mass is 10.2. The lowest BCUT2D eigenvalue weighted by molar-refractivity contribution is -0.199. The van der Waals surface area contributed by atoms with E-state index in [0.29, 0.717) is 23.9 Å². The number of aromatic nitrogens is 3. The summed E-state index contributed by atoms with van der Waals surface area (Å²) in [5.41, 5.74) is 0.745. The third kappa shape index (κ3) is 2.63. The molecule has 23 heavy (non-hydrogen) atoms. The smallest absolute Gasteiger partial charge is 0.249 e. The molecule has 2 atom stereocenters. The highest BCUT2D eigenvalue weighted by molar-refractivity contribution is 6.31. The Morgan fingerprint density at radius 2 is 2.30 bits per heavy atom. The largest absolute Gasteiger partial charge is 0.455 e. The summed E-state index contributed by atoms with van der Waals surface area (Å²) >= 11 is 6.06. The van der Waals surface area contributed by atoms with E-state index >= 15 is 0 Å². The van der Waals surface area contributed by atoms with Crippen LogP contribution in [0.25, 0.3) is 11.0 Å². The van der Waals surface area contributed by atoms with Gasteiger partial charge < -0.3 is 13.9 Å². The number of hydrogen-bond acceptors (Lipinski definition) is 5. The summed E-state index contributed by atoms with van der Waals surface area (Å²) < 4.78 is 19.9. The van der Waals surface area contributed by atoms with E-state index < -0.39 is 5.79 Å². The van der Waals surface area contributed by atoms with Gasteiger partial charge in [-0.3, -0.25) is 0 Å². The summed E-state index contributed by atoms with van der Waals surface area (Å²) in [6, 6.07) is 7.42. The lowest BCUT2D eigenvalue weighted by Gasteiger charge is -2.25. The van der Waals surface area contributed by atoms with Gasteiger partial charge in [0.25, 0.3) is 0 Å². The van der Waals surface area contributed by atoms with Gasteiger partial charge in [0.2, 0.25) is 5.79 Å². The topological polar surface area (TPSA) is 62.3 Å². The molecular weight excluding hydrogens is 318 g/mol. The highest BCUT2D eigenvalue weighted by Gasteiger charge is 2.46. The molecule has 1 aromatic carbocycles. The van der Waals surface area contributed by atoms with Crippen LogP contribution < -0.4 is 0 Å². The fourth-order valence-electron chi connectivity index (χ4n) is 2.79. The predicted molar refractivity (Wildman–Crippen MR) is 84.0 cm³/mol. The van der Waals surface area contributed by atoms with Crippen LogP contribution in [-0.2, 0) is 21.8 Å².